The Labute approximate surface area is 102 Å². The molecule has 0 aliphatic carbocycles. The van der Waals surface area contributed by atoms with Gasteiger partial charge in [-0.25, -0.2) is 0 Å². The van der Waals surface area contributed by atoms with Gasteiger partial charge in [0.2, 0.25) is 0 Å². The van der Waals surface area contributed by atoms with Gasteiger partial charge in [0.15, 0.2) is 0 Å². The molecule has 2 aromatic rings. The molecule has 84 valence electrons. The molecule has 0 spiro atoms. The van der Waals surface area contributed by atoms with E-state index in [1.165, 1.54) is 16.3 Å². The second-order valence-corrected chi connectivity index (χ2v) is 4.98. The molecular weight excluding hydrogens is 216 g/mol. The summed E-state index contributed by atoms with van der Waals surface area (Å²) < 4.78 is 5.48. The van der Waals surface area contributed by atoms with Crippen LogP contribution in [0.25, 0.3) is 10.8 Å². The van der Waals surface area contributed by atoms with Crippen LogP contribution in [0.2, 0.25) is 0 Å². The highest BCUT2D eigenvalue weighted by Crippen LogP contribution is 2.28. The van der Waals surface area contributed by atoms with E-state index in [0.29, 0.717) is 0 Å². The molecule has 0 aliphatic heterocycles. The van der Waals surface area contributed by atoms with Crippen molar-refractivity contribution in [2.75, 3.05) is 7.11 Å². The Morgan fingerprint density at radius 1 is 1.00 bits per heavy atom. The van der Waals surface area contributed by atoms with E-state index in [2.05, 4.69) is 56.8 Å². The molecule has 0 radical (unpaired) electrons. The van der Waals surface area contributed by atoms with Crippen LogP contribution in [0.15, 0.2) is 41.3 Å². The van der Waals surface area contributed by atoms with Crippen LogP contribution in [-0.2, 0) is 10.3 Å². The molecule has 0 saturated carbocycles. The molecule has 0 aliphatic rings. The normalized spacial score (nSPS) is 12.0. The number of thiol groups is 1. The van der Waals surface area contributed by atoms with Crippen molar-refractivity contribution in [3.05, 3.63) is 42.0 Å². The van der Waals surface area contributed by atoms with E-state index in [0.717, 1.165) is 4.90 Å². The van der Waals surface area contributed by atoms with Crippen molar-refractivity contribution >= 4 is 23.4 Å². The molecule has 1 nitrogen and oxygen atoms in total. The Bertz CT molecular complexity index is 517. The van der Waals surface area contributed by atoms with Crippen LogP contribution in [0.5, 0.6) is 0 Å². The van der Waals surface area contributed by atoms with Gasteiger partial charge in [0.05, 0.1) is 5.60 Å². The average molecular weight is 232 g/mol. The van der Waals surface area contributed by atoms with Crippen LogP contribution >= 0.6 is 12.6 Å². The number of hydrogen-bond acceptors (Lipinski definition) is 2. The molecule has 16 heavy (non-hydrogen) atoms. The lowest BCUT2D eigenvalue weighted by atomic mass is 9.95. The smallest absolute Gasteiger partial charge is 0.0871 e. The molecule has 0 unspecified atom stereocenters. The first kappa shape index (κ1) is 11.5. The summed E-state index contributed by atoms with van der Waals surface area (Å²) in [5.41, 5.74) is 0.947. The lowest BCUT2D eigenvalue weighted by Gasteiger charge is -2.23. The van der Waals surface area contributed by atoms with Gasteiger partial charge < -0.3 is 4.74 Å². The molecule has 0 amide bonds. The molecule has 0 fully saturated rings. The van der Waals surface area contributed by atoms with Gasteiger partial charge in [0.25, 0.3) is 0 Å². The molecule has 2 heteroatoms. The quantitative estimate of drug-likeness (QED) is 0.770. The number of benzene rings is 2. The van der Waals surface area contributed by atoms with Crippen LogP contribution in [0.3, 0.4) is 0 Å². The highest BCUT2D eigenvalue weighted by molar-refractivity contribution is 7.80. The standard InChI is InChI=1S/C14H16OS/c1-14(2,15-3)12-6-4-11-9-13(16)7-5-10(11)8-12/h4-9,16H,1-3H3. The zero-order chi connectivity index (χ0) is 11.8. The first-order valence-corrected chi connectivity index (χ1v) is 5.76. The summed E-state index contributed by atoms with van der Waals surface area (Å²) in [5, 5.41) is 2.43. The fourth-order valence-electron chi connectivity index (χ4n) is 1.73. The van der Waals surface area contributed by atoms with Gasteiger partial charge in [0.1, 0.15) is 0 Å². The zero-order valence-electron chi connectivity index (χ0n) is 9.82. The number of fused-ring (bicyclic) bond motifs is 1. The molecule has 0 atom stereocenters. The van der Waals surface area contributed by atoms with Gasteiger partial charge in [0, 0.05) is 12.0 Å². The van der Waals surface area contributed by atoms with Gasteiger partial charge in [-0.15, -0.1) is 12.6 Å². The lowest BCUT2D eigenvalue weighted by molar-refractivity contribution is 0.0193. The molecule has 0 N–H and O–H groups in total. The Balaban J connectivity index is 2.57. The molecular formula is C14H16OS. The molecule has 0 heterocycles. The Morgan fingerprint density at radius 2 is 1.62 bits per heavy atom. The highest BCUT2D eigenvalue weighted by atomic mass is 32.1. The second kappa shape index (κ2) is 4.11. The highest BCUT2D eigenvalue weighted by Gasteiger charge is 2.19. The third kappa shape index (κ3) is 2.08. The molecule has 2 rings (SSSR count). The van der Waals surface area contributed by atoms with Gasteiger partial charge in [-0.3, -0.25) is 0 Å². The van der Waals surface area contributed by atoms with Crippen molar-refractivity contribution < 1.29 is 4.74 Å². The maximum atomic E-state index is 5.48. The monoisotopic (exact) mass is 232 g/mol. The van der Waals surface area contributed by atoms with Crippen LogP contribution in [-0.4, -0.2) is 7.11 Å². The minimum Gasteiger partial charge on any atom is -0.374 e. The number of hydrogen-bond donors (Lipinski definition) is 1. The first-order chi connectivity index (χ1) is 7.53. The predicted molar refractivity (Wildman–Crippen MR) is 71.2 cm³/mol. The maximum absolute atomic E-state index is 5.48. The Kier molecular flexibility index (Phi) is 2.96. The van der Waals surface area contributed by atoms with Crippen molar-refractivity contribution in [2.45, 2.75) is 24.3 Å². The number of methoxy groups -OCH3 is 1. The summed E-state index contributed by atoms with van der Waals surface area (Å²) in [6, 6.07) is 12.6. The minimum atomic E-state index is -0.242. The second-order valence-electron chi connectivity index (χ2n) is 4.46. The molecule has 0 saturated heterocycles. The van der Waals surface area contributed by atoms with E-state index in [9.17, 15) is 0 Å². The zero-order valence-corrected chi connectivity index (χ0v) is 10.7. The average Bonchev–Trinajstić information content (AvgIpc) is 2.28. The van der Waals surface area contributed by atoms with Gasteiger partial charge in [-0.1, -0.05) is 18.2 Å². The van der Waals surface area contributed by atoms with E-state index in [4.69, 9.17) is 4.74 Å². The summed E-state index contributed by atoms with van der Waals surface area (Å²) in [6.45, 7) is 4.14. The molecule has 0 aromatic heterocycles. The van der Waals surface area contributed by atoms with Crippen molar-refractivity contribution in [3.63, 3.8) is 0 Å². The third-order valence-electron chi connectivity index (χ3n) is 3.03. The van der Waals surface area contributed by atoms with Crippen LogP contribution < -0.4 is 0 Å². The number of ether oxygens (including phenoxy) is 1. The van der Waals surface area contributed by atoms with Crippen LogP contribution in [0.1, 0.15) is 19.4 Å². The maximum Gasteiger partial charge on any atom is 0.0871 e. The topological polar surface area (TPSA) is 9.23 Å². The fourth-order valence-corrected chi connectivity index (χ4v) is 1.94. The SMILES string of the molecule is COC(C)(C)c1ccc2cc(S)ccc2c1. The van der Waals surface area contributed by atoms with E-state index >= 15 is 0 Å². The van der Waals surface area contributed by atoms with Crippen molar-refractivity contribution in [1.29, 1.82) is 0 Å². The fraction of sp³-hybridized carbons (Fsp3) is 0.286. The minimum absolute atomic E-state index is 0.242. The van der Waals surface area contributed by atoms with Gasteiger partial charge in [-0.2, -0.15) is 0 Å². The first-order valence-electron chi connectivity index (χ1n) is 5.31. The van der Waals surface area contributed by atoms with Crippen molar-refractivity contribution in [2.24, 2.45) is 0 Å². The summed E-state index contributed by atoms with van der Waals surface area (Å²) >= 11 is 4.34. The summed E-state index contributed by atoms with van der Waals surface area (Å²) in [6.07, 6.45) is 0. The van der Waals surface area contributed by atoms with Gasteiger partial charge in [-0.05, 0) is 48.4 Å². The number of rotatable bonds is 2. The van der Waals surface area contributed by atoms with E-state index in [1.807, 2.05) is 6.07 Å². The predicted octanol–water partition coefficient (Wildman–Crippen LogP) is 4.01. The van der Waals surface area contributed by atoms with E-state index in [-0.39, 0.29) is 5.60 Å². The van der Waals surface area contributed by atoms with Crippen molar-refractivity contribution in [1.82, 2.24) is 0 Å². The molecule has 0 bridgehead atoms. The summed E-state index contributed by atoms with van der Waals surface area (Å²) in [4.78, 5) is 0.992. The largest absolute Gasteiger partial charge is 0.374 e. The lowest BCUT2D eigenvalue weighted by Crippen LogP contribution is -2.19. The summed E-state index contributed by atoms with van der Waals surface area (Å²) in [7, 11) is 1.74. The van der Waals surface area contributed by atoms with Crippen molar-refractivity contribution in [3.8, 4) is 0 Å². The summed E-state index contributed by atoms with van der Waals surface area (Å²) in [5.74, 6) is 0. The Hall–Kier alpha value is -0.990. The Morgan fingerprint density at radius 3 is 2.31 bits per heavy atom. The third-order valence-corrected chi connectivity index (χ3v) is 3.31. The van der Waals surface area contributed by atoms with E-state index < -0.39 is 0 Å². The van der Waals surface area contributed by atoms with Crippen LogP contribution in [0.4, 0.5) is 0 Å². The van der Waals surface area contributed by atoms with Gasteiger partial charge >= 0.3 is 0 Å². The van der Waals surface area contributed by atoms with Crippen LogP contribution in [0, 0.1) is 0 Å². The molecule has 2 aromatic carbocycles. The van der Waals surface area contributed by atoms with E-state index in [1.54, 1.807) is 7.11 Å².